The second-order valence-electron chi connectivity index (χ2n) is 11.9. The van der Waals surface area contributed by atoms with Crippen LogP contribution in [0.3, 0.4) is 0 Å². The molecule has 1 N–H and O–H groups in total. The molecule has 3 aliphatic rings. The van der Waals surface area contributed by atoms with Gasteiger partial charge in [-0.25, -0.2) is 0 Å². The topological polar surface area (TPSA) is 56.4 Å². The second kappa shape index (κ2) is 9.51. The molecule has 5 nitrogen and oxygen atoms in total. The molecule has 0 spiro atoms. The molecule has 1 aliphatic carbocycles. The molecule has 6 heteroatoms. The molecule has 1 saturated carbocycles. The van der Waals surface area contributed by atoms with Crippen molar-refractivity contribution >= 4 is 17.2 Å². The molecule has 0 radical (unpaired) electrons. The number of amides is 1. The molecule has 2 aromatic rings. The minimum Gasteiger partial charge on any atom is -0.334 e. The van der Waals surface area contributed by atoms with Crippen LogP contribution < -0.4 is 5.56 Å². The highest BCUT2D eigenvalue weighted by molar-refractivity contribution is 7.12. The fraction of sp³-hybridized carbons (Fsp3) is 0.655. The number of H-pyrrole nitrogens is 1. The maximum Gasteiger partial charge on any atom is 0.255 e. The van der Waals surface area contributed by atoms with Crippen molar-refractivity contribution in [2.75, 3.05) is 26.2 Å². The summed E-state index contributed by atoms with van der Waals surface area (Å²) in [6.45, 7) is 15.6. The first kappa shape index (κ1) is 24.8. The third kappa shape index (κ3) is 5.01. The van der Waals surface area contributed by atoms with E-state index in [4.69, 9.17) is 0 Å². The summed E-state index contributed by atoms with van der Waals surface area (Å²) in [4.78, 5) is 36.5. The van der Waals surface area contributed by atoms with Crippen molar-refractivity contribution in [1.82, 2.24) is 14.8 Å². The number of piperidine rings is 1. The Morgan fingerprint density at radius 2 is 1.86 bits per heavy atom. The molecule has 1 unspecified atom stereocenters. The molecule has 1 atom stereocenters. The first-order valence-corrected chi connectivity index (χ1v) is 14.3. The molecule has 2 fully saturated rings. The van der Waals surface area contributed by atoms with Gasteiger partial charge in [0.15, 0.2) is 0 Å². The number of likely N-dealkylation sites (tertiary alicyclic amines) is 1. The van der Waals surface area contributed by atoms with E-state index in [0.717, 1.165) is 29.7 Å². The molecular formula is C29H41N3O2S. The summed E-state index contributed by atoms with van der Waals surface area (Å²) in [6.07, 6.45) is 7.21. The highest BCUT2D eigenvalue weighted by Crippen LogP contribution is 2.47. The molecule has 4 heterocycles. The van der Waals surface area contributed by atoms with Gasteiger partial charge in [0.05, 0.1) is 12.1 Å². The minimum atomic E-state index is -0.0712. The van der Waals surface area contributed by atoms with E-state index in [1.165, 1.54) is 60.6 Å². The lowest BCUT2D eigenvalue weighted by Gasteiger charge is -2.36. The predicted molar refractivity (Wildman–Crippen MR) is 144 cm³/mol. The van der Waals surface area contributed by atoms with E-state index >= 15 is 0 Å². The van der Waals surface area contributed by atoms with Crippen molar-refractivity contribution in [1.29, 1.82) is 0 Å². The lowest BCUT2D eigenvalue weighted by Crippen LogP contribution is -2.38. The van der Waals surface area contributed by atoms with E-state index in [2.05, 4.69) is 30.7 Å². The number of carbonyl (C=O) groups excluding carboxylic acids is 1. The molecule has 2 aliphatic heterocycles. The number of aromatic amines is 1. The Labute approximate surface area is 213 Å². The van der Waals surface area contributed by atoms with E-state index in [1.54, 1.807) is 0 Å². The molecule has 0 aromatic carbocycles. The van der Waals surface area contributed by atoms with Gasteiger partial charge in [0.25, 0.3) is 11.5 Å². The minimum absolute atomic E-state index is 0.0712. The van der Waals surface area contributed by atoms with Gasteiger partial charge in [0.1, 0.15) is 0 Å². The monoisotopic (exact) mass is 495 g/mol. The van der Waals surface area contributed by atoms with Gasteiger partial charge in [-0.3, -0.25) is 9.59 Å². The van der Waals surface area contributed by atoms with Crippen molar-refractivity contribution in [3.8, 4) is 0 Å². The smallest absolute Gasteiger partial charge is 0.255 e. The van der Waals surface area contributed by atoms with Gasteiger partial charge in [0, 0.05) is 34.1 Å². The Kier molecular flexibility index (Phi) is 6.73. The fourth-order valence-corrected chi connectivity index (χ4v) is 7.82. The molecular weight excluding hydrogens is 454 g/mol. The Balaban J connectivity index is 1.32. The van der Waals surface area contributed by atoms with Crippen LogP contribution >= 0.6 is 11.3 Å². The predicted octanol–water partition coefficient (Wildman–Crippen LogP) is 5.57. The summed E-state index contributed by atoms with van der Waals surface area (Å²) in [6, 6.07) is 2.00. The van der Waals surface area contributed by atoms with E-state index in [0.29, 0.717) is 35.9 Å². The van der Waals surface area contributed by atoms with Gasteiger partial charge < -0.3 is 14.8 Å². The number of hydrogen-bond donors (Lipinski definition) is 1. The number of aryl methyl sites for hydroxylation is 3. The lowest BCUT2D eigenvalue weighted by molar-refractivity contribution is 0.0747. The Morgan fingerprint density at radius 1 is 1.14 bits per heavy atom. The summed E-state index contributed by atoms with van der Waals surface area (Å²) in [5, 5.41) is 0. The SMILES string of the molecule is Cc1cc(C)c(CN2CCCc3sc(C(C)C4CCN(CC5(C)CC5)CC4)c(C)c3C2=O)c(=O)[nH]1. The third-order valence-corrected chi connectivity index (χ3v) is 10.4. The van der Waals surface area contributed by atoms with Crippen LogP contribution in [0.25, 0.3) is 0 Å². The molecule has 0 bridgehead atoms. The molecule has 35 heavy (non-hydrogen) atoms. The van der Waals surface area contributed by atoms with Gasteiger partial charge in [-0.05, 0) is 107 Å². The summed E-state index contributed by atoms with van der Waals surface area (Å²) in [7, 11) is 0. The first-order valence-electron chi connectivity index (χ1n) is 13.5. The quantitative estimate of drug-likeness (QED) is 0.570. The van der Waals surface area contributed by atoms with Gasteiger partial charge in [-0.1, -0.05) is 13.8 Å². The number of hydrogen-bond acceptors (Lipinski definition) is 4. The van der Waals surface area contributed by atoms with Gasteiger partial charge in [0.2, 0.25) is 0 Å². The van der Waals surface area contributed by atoms with Crippen molar-refractivity contribution in [3.63, 3.8) is 0 Å². The number of aromatic nitrogens is 1. The summed E-state index contributed by atoms with van der Waals surface area (Å²) >= 11 is 1.89. The number of nitrogens with zero attached hydrogens (tertiary/aromatic N) is 2. The zero-order valence-corrected chi connectivity index (χ0v) is 22.9. The van der Waals surface area contributed by atoms with Crippen LogP contribution in [0.5, 0.6) is 0 Å². The van der Waals surface area contributed by atoms with Crippen LogP contribution in [0.4, 0.5) is 0 Å². The van der Waals surface area contributed by atoms with Crippen LogP contribution in [0.1, 0.15) is 94.4 Å². The average Bonchev–Trinajstić information content (AvgIpc) is 3.47. The van der Waals surface area contributed by atoms with Crippen molar-refractivity contribution in [2.45, 2.75) is 85.6 Å². The molecule has 1 saturated heterocycles. The highest BCUT2D eigenvalue weighted by Gasteiger charge is 2.40. The molecule has 5 rings (SSSR count). The van der Waals surface area contributed by atoms with Crippen LogP contribution in [0.15, 0.2) is 10.9 Å². The number of nitrogens with one attached hydrogen (secondary N) is 1. The van der Waals surface area contributed by atoms with Crippen LogP contribution in [0, 0.1) is 32.1 Å². The van der Waals surface area contributed by atoms with Gasteiger partial charge in [-0.15, -0.1) is 11.3 Å². The maximum absolute atomic E-state index is 13.8. The third-order valence-electron chi connectivity index (χ3n) is 8.89. The van der Waals surface area contributed by atoms with E-state index in [9.17, 15) is 9.59 Å². The Morgan fingerprint density at radius 3 is 2.51 bits per heavy atom. The average molecular weight is 496 g/mol. The Bertz CT molecular complexity index is 1170. The molecule has 190 valence electrons. The van der Waals surface area contributed by atoms with Crippen LogP contribution in [-0.2, 0) is 13.0 Å². The fourth-order valence-electron chi connectivity index (χ4n) is 6.33. The van der Waals surface area contributed by atoms with Gasteiger partial charge in [-0.2, -0.15) is 0 Å². The normalized spacial score (nSPS) is 21.6. The number of fused-ring (bicyclic) bond motifs is 1. The number of pyridine rings is 1. The van der Waals surface area contributed by atoms with Crippen molar-refractivity contribution in [3.05, 3.63) is 54.1 Å². The zero-order valence-electron chi connectivity index (χ0n) is 22.1. The standard InChI is InChI=1S/C29H41N3O2S/c1-18-15-19(2)30-27(33)23(18)16-32-12-6-7-24-25(28(32)34)21(4)26(35-24)20(3)22-8-13-31(14-9-22)17-29(5)10-11-29/h15,20,22H,6-14,16-17H2,1-5H3,(H,30,33). The number of rotatable bonds is 6. The summed E-state index contributed by atoms with van der Waals surface area (Å²) in [5.74, 6) is 1.30. The highest BCUT2D eigenvalue weighted by atomic mass is 32.1. The summed E-state index contributed by atoms with van der Waals surface area (Å²) in [5.41, 5.74) is 5.17. The van der Waals surface area contributed by atoms with Crippen molar-refractivity contribution in [2.24, 2.45) is 11.3 Å². The van der Waals surface area contributed by atoms with Gasteiger partial charge >= 0.3 is 0 Å². The van der Waals surface area contributed by atoms with E-state index < -0.39 is 0 Å². The zero-order chi connectivity index (χ0) is 24.9. The summed E-state index contributed by atoms with van der Waals surface area (Å²) < 4.78 is 0. The van der Waals surface area contributed by atoms with E-state index in [-0.39, 0.29) is 11.5 Å². The first-order chi connectivity index (χ1) is 16.6. The Hall–Kier alpha value is -1.92. The molecule has 2 aromatic heterocycles. The van der Waals surface area contributed by atoms with Crippen molar-refractivity contribution < 1.29 is 4.79 Å². The molecule has 1 amide bonds. The number of carbonyl (C=O) groups is 1. The maximum atomic E-state index is 13.8. The lowest BCUT2D eigenvalue weighted by atomic mass is 9.83. The van der Waals surface area contributed by atoms with Crippen LogP contribution in [0.2, 0.25) is 0 Å². The van der Waals surface area contributed by atoms with E-state index in [1.807, 2.05) is 36.2 Å². The second-order valence-corrected chi connectivity index (χ2v) is 13.0. The number of thiophene rings is 1. The largest absolute Gasteiger partial charge is 0.334 e. The van der Waals surface area contributed by atoms with Crippen LogP contribution in [-0.4, -0.2) is 46.9 Å².